The van der Waals surface area contributed by atoms with Crippen LogP contribution in [0.15, 0.2) is 18.2 Å². The molecule has 2 aliphatic heterocycles. The van der Waals surface area contributed by atoms with E-state index in [-0.39, 0.29) is 23.9 Å². The van der Waals surface area contributed by atoms with Crippen molar-refractivity contribution in [2.24, 2.45) is 11.8 Å². The highest BCUT2D eigenvalue weighted by atomic mass is 19.1. The van der Waals surface area contributed by atoms with E-state index in [9.17, 15) is 8.78 Å². The second-order valence-electron chi connectivity index (χ2n) is 7.62. The van der Waals surface area contributed by atoms with E-state index in [0.717, 1.165) is 25.2 Å². The number of fused-ring (bicyclic) bond motifs is 1. The molecule has 0 aromatic heterocycles. The monoisotopic (exact) mass is 322 g/mol. The number of hydrogen-bond donors (Lipinski definition) is 0. The van der Waals surface area contributed by atoms with Gasteiger partial charge in [-0.15, -0.1) is 0 Å². The van der Waals surface area contributed by atoms with Gasteiger partial charge in [-0.3, -0.25) is 0 Å². The van der Waals surface area contributed by atoms with Crippen molar-refractivity contribution in [2.75, 3.05) is 0 Å². The van der Waals surface area contributed by atoms with Gasteiger partial charge in [-0.2, -0.15) is 0 Å². The molecule has 5 atom stereocenters. The fourth-order valence-corrected chi connectivity index (χ4v) is 4.94. The molecule has 0 radical (unpaired) electrons. The van der Waals surface area contributed by atoms with Crippen LogP contribution in [-0.2, 0) is 16.1 Å². The maximum absolute atomic E-state index is 13.8. The normalized spacial score (nSPS) is 39.3. The van der Waals surface area contributed by atoms with Crippen molar-refractivity contribution in [2.45, 2.75) is 69.9 Å². The average Bonchev–Trinajstić information content (AvgIpc) is 2.64. The van der Waals surface area contributed by atoms with Crippen LogP contribution in [0.5, 0.6) is 0 Å². The van der Waals surface area contributed by atoms with Crippen LogP contribution in [0.3, 0.4) is 0 Å². The van der Waals surface area contributed by atoms with E-state index in [4.69, 9.17) is 9.47 Å². The molecule has 4 fully saturated rings. The smallest absolute Gasteiger partial charge is 0.131 e. The van der Waals surface area contributed by atoms with E-state index in [1.54, 1.807) is 0 Å². The summed E-state index contributed by atoms with van der Waals surface area (Å²) < 4.78 is 39.9. The van der Waals surface area contributed by atoms with Crippen molar-refractivity contribution < 1.29 is 18.3 Å². The predicted molar refractivity (Wildman–Crippen MR) is 82.9 cm³/mol. The Morgan fingerprint density at radius 2 is 1.96 bits per heavy atom. The van der Waals surface area contributed by atoms with E-state index in [1.165, 1.54) is 37.5 Å². The first kappa shape index (κ1) is 15.5. The summed E-state index contributed by atoms with van der Waals surface area (Å²) in [6.07, 6.45) is 7.23. The van der Waals surface area contributed by atoms with Gasteiger partial charge < -0.3 is 9.47 Å². The summed E-state index contributed by atoms with van der Waals surface area (Å²) in [5, 5.41) is 0. The molecule has 4 bridgehead atoms. The minimum atomic E-state index is -0.536. The lowest BCUT2D eigenvalue weighted by Crippen LogP contribution is -2.60. The van der Waals surface area contributed by atoms with Crippen molar-refractivity contribution >= 4 is 0 Å². The van der Waals surface area contributed by atoms with Crippen molar-refractivity contribution in [3.8, 4) is 0 Å². The van der Waals surface area contributed by atoms with Crippen LogP contribution in [0.1, 0.15) is 51.0 Å². The van der Waals surface area contributed by atoms with E-state index in [2.05, 4.69) is 6.92 Å². The Bertz CT molecular complexity index is 552. The molecule has 1 aromatic rings. The summed E-state index contributed by atoms with van der Waals surface area (Å²) in [4.78, 5) is 0. The Morgan fingerprint density at radius 1 is 1.22 bits per heavy atom. The third-order valence-electron chi connectivity index (χ3n) is 6.14. The van der Waals surface area contributed by atoms with Crippen LogP contribution >= 0.6 is 0 Å². The van der Waals surface area contributed by atoms with Gasteiger partial charge in [0.1, 0.15) is 11.6 Å². The Balaban J connectivity index is 1.49. The number of hydrogen-bond acceptors (Lipinski definition) is 2. The fourth-order valence-electron chi connectivity index (χ4n) is 4.94. The fraction of sp³-hybridized carbons (Fsp3) is 0.684. The lowest BCUT2D eigenvalue weighted by atomic mass is 9.65. The molecule has 0 N–H and O–H groups in total. The molecular formula is C19H24F2O2. The number of benzene rings is 1. The van der Waals surface area contributed by atoms with Crippen LogP contribution in [0, 0.1) is 23.5 Å². The van der Waals surface area contributed by atoms with Gasteiger partial charge in [0.25, 0.3) is 0 Å². The number of halogens is 2. The molecule has 4 heteroatoms. The van der Waals surface area contributed by atoms with E-state index >= 15 is 0 Å². The summed E-state index contributed by atoms with van der Waals surface area (Å²) in [6, 6.07) is 3.94. The molecule has 2 nitrogen and oxygen atoms in total. The van der Waals surface area contributed by atoms with Gasteiger partial charge in [0.05, 0.1) is 24.4 Å². The molecule has 1 aromatic carbocycles. The van der Waals surface area contributed by atoms with Gasteiger partial charge in [-0.05, 0) is 56.6 Å². The van der Waals surface area contributed by atoms with Crippen LogP contribution < -0.4 is 0 Å². The maximum atomic E-state index is 13.8. The van der Waals surface area contributed by atoms with Gasteiger partial charge in [-0.25, -0.2) is 8.78 Å². The zero-order valence-corrected chi connectivity index (χ0v) is 13.6. The topological polar surface area (TPSA) is 18.5 Å². The highest BCUT2D eigenvalue weighted by Gasteiger charge is 2.55. The molecule has 23 heavy (non-hydrogen) atoms. The first-order chi connectivity index (χ1) is 11.1. The van der Waals surface area contributed by atoms with Gasteiger partial charge in [0, 0.05) is 5.56 Å². The Morgan fingerprint density at radius 3 is 2.70 bits per heavy atom. The highest BCUT2D eigenvalue weighted by Crippen LogP contribution is 2.53. The van der Waals surface area contributed by atoms with E-state index in [1.807, 2.05) is 0 Å². The molecule has 0 unspecified atom stereocenters. The summed E-state index contributed by atoms with van der Waals surface area (Å²) in [5.41, 5.74) is -0.286. The summed E-state index contributed by atoms with van der Waals surface area (Å²) in [7, 11) is 0. The van der Waals surface area contributed by atoms with Gasteiger partial charge in [-0.1, -0.05) is 18.9 Å². The minimum Gasteiger partial charge on any atom is -0.370 e. The molecule has 126 valence electrons. The first-order valence-electron chi connectivity index (χ1n) is 8.79. The van der Waals surface area contributed by atoms with Crippen LogP contribution in [0.2, 0.25) is 0 Å². The van der Waals surface area contributed by atoms with E-state index < -0.39 is 11.6 Å². The lowest BCUT2D eigenvalue weighted by Gasteiger charge is -2.56. The van der Waals surface area contributed by atoms with Crippen molar-refractivity contribution in [1.82, 2.24) is 0 Å². The zero-order chi connectivity index (χ0) is 16.0. The highest BCUT2D eigenvalue weighted by molar-refractivity contribution is 5.19. The summed E-state index contributed by atoms with van der Waals surface area (Å²) in [6.45, 7) is 2.10. The molecule has 2 saturated heterocycles. The van der Waals surface area contributed by atoms with Crippen LogP contribution in [0.25, 0.3) is 0 Å². The average molecular weight is 322 g/mol. The summed E-state index contributed by atoms with van der Waals surface area (Å²) in [5.74, 6) is 0.206. The molecule has 2 heterocycles. The molecule has 0 spiro atoms. The van der Waals surface area contributed by atoms with E-state index in [0.29, 0.717) is 12.0 Å². The first-order valence-corrected chi connectivity index (χ1v) is 8.79. The molecule has 0 amide bonds. The molecule has 5 rings (SSSR count). The lowest BCUT2D eigenvalue weighted by molar-refractivity contribution is -0.267. The third-order valence-corrected chi connectivity index (χ3v) is 6.14. The number of ether oxygens (including phenoxy) is 2. The van der Waals surface area contributed by atoms with Crippen molar-refractivity contribution in [3.63, 3.8) is 0 Å². The molecule has 2 aliphatic carbocycles. The van der Waals surface area contributed by atoms with Gasteiger partial charge >= 0.3 is 0 Å². The van der Waals surface area contributed by atoms with Gasteiger partial charge in [0.2, 0.25) is 0 Å². The van der Waals surface area contributed by atoms with Crippen molar-refractivity contribution in [3.05, 3.63) is 35.4 Å². The third kappa shape index (κ3) is 2.70. The summed E-state index contributed by atoms with van der Waals surface area (Å²) >= 11 is 0. The number of rotatable bonds is 3. The Hall–Kier alpha value is -1.00. The predicted octanol–water partition coefficient (Wildman–Crippen LogP) is 4.61. The van der Waals surface area contributed by atoms with Crippen molar-refractivity contribution in [1.29, 1.82) is 0 Å². The second kappa shape index (κ2) is 5.82. The SMILES string of the molecule is C[C@@]12C[C@@H]3CCCC[C@H](O1)[C@H]3C[C@@H]2OCc1c(F)cccc1F. The second-order valence-corrected chi connectivity index (χ2v) is 7.62. The molecular weight excluding hydrogens is 298 g/mol. The van der Waals surface area contributed by atoms with Crippen LogP contribution in [0.4, 0.5) is 8.78 Å². The molecule has 4 aliphatic rings. The standard InChI is InChI=1S/C19H24F2O2/c1-19-10-12-5-2-3-8-17(23-19)13(12)9-18(19)22-11-14-15(20)6-4-7-16(14)21/h4,6-7,12-13,17-18H,2-3,5,8-11H2,1H3/t12-,13-,17-,18-,19-/m0/s1. The zero-order valence-electron chi connectivity index (χ0n) is 13.6. The largest absolute Gasteiger partial charge is 0.370 e. The minimum absolute atomic E-state index is 0.0231. The van der Waals surface area contributed by atoms with Gasteiger partial charge in [0.15, 0.2) is 0 Å². The Kier molecular flexibility index (Phi) is 3.93. The molecule has 2 saturated carbocycles. The quantitative estimate of drug-likeness (QED) is 0.809. The Labute approximate surface area is 136 Å². The van der Waals surface area contributed by atoms with Crippen LogP contribution in [-0.4, -0.2) is 17.8 Å². The maximum Gasteiger partial charge on any atom is 0.131 e.